The van der Waals surface area contributed by atoms with Gasteiger partial charge >= 0.3 is 0 Å². The summed E-state index contributed by atoms with van der Waals surface area (Å²) in [6.45, 7) is 12.7. The van der Waals surface area contributed by atoms with Crippen molar-refractivity contribution in [3.63, 3.8) is 0 Å². The van der Waals surface area contributed by atoms with Crippen LogP contribution in [0, 0.1) is 22.2 Å². The third-order valence-electron chi connectivity index (χ3n) is 2.74. The molecule has 100 valence electrons. The highest BCUT2D eigenvalue weighted by atomic mass is 32.2. The van der Waals surface area contributed by atoms with E-state index < -0.39 is 20.0 Å². The van der Waals surface area contributed by atoms with Crippen molar-refractivity contribution in [3.8, 4) is 6.07 Å². The van der Waals surface area contributed by atoms with Crippen molar-refractivity contribution in [1.82, 2.24) is 0 Å². The maximum atomic E-state index is 12.2. The van der Waals surface area contributed by atoms with Crippen LogP contribution in [0.4, 0.5) is 0 Å². The summed E-state index contributed by atoms with van der Waals surface area (Å²) in [4.78, 5) is 0. The van der Waals surface area contributed by atoms with Gasteiger partial charge in [-0.3, -0.25) is 0 Å². The van der Waals surface area contributed by atoms with E-state index in [2.05, 4.69) is 6.07 Å². The zero-order valence-corrected chi connectivity index (χ0v) is 12.9. The third kappa shape index (κ3) is 5.08. The average Bonchev–Trinajstić information content (AvgIpc) is 1.97. The van der Waals surface area contributed by atoms with Crippen LogP contribution >= 0.6 is 0 Å². The minimum Gasteiger partial charge on any atom is -0.228 e. The molecule has 0 amide bonds. The van der Waals surface area contributed by atoms with E-state index in [1.54, 1.807) is 20.8 Å². The zero-order chi connectivity index (χ0) is 14.1. The molecule has 0 saturated heterocycles. The number of rotatable bonds is 4. The molecular weight excluding hydrogens is 234 g/mol. The van der Waals surface area contributed by atoms with Gasteiger partial charge in [-0.05, 0) is 46.5 Å². The first-order chi connectivity index (χ1) is 7.22. The van der Waals surface area contributed by atoms with Gasteiger partial charge in [-0.15, -0.1) is 0 Å². The van der Waals surface area contributed by atoms with Gasteiger partial charge in [0.2, 0.25) is 0 Å². The minimum atomic E-state index is -3.15. The molecule has 17 heavy (non-hydrogen) atoms. The van der Waals surface area contributed by atoms with Crippen LogP contribution in [0.5, 0.6) is 0 Å². The Bertz CT molecular complexity index is 406. The quantitative estimate of drug-likeness (QED) is 0.779. The highest BCUT2D eigenvalue weighted by molar-refractivity contribution is 7.92. The fourth-order valence-corrected chi connectivity index (χ4v) is 3.58. The van der Waals surface area contributed by atoms with E-state index in [4.69, 9.17) is 5.26 Å². The van der Waals surface area contributed by atoms with Crippen LogP contribution in [0.1, 0.15) is 54.9 Å². The Kier molecular flexibility index (Phi) is 4.45. The lowest BCUT2D eigenvalue weighted by Gasteiger charge is -2.33. The Morgan fingerprint density at radius 3 is 1.71 bits per heavy atom. The molecular formula is C13H25NO2S. The first kappa shape index (κ1) is 16.4. The van der Waals surface area contributed by atoms with Crippen molar-refractivity contribution < 1.29 is 8.42 Å². The molecule has 0 aromatic heterocycles. The van der Waals surface area contributed by atoms with Gasteiger partial charge in [0.15, 0.2) is 9.84 Å². The highest BCUT2D eigenvalue weighted by Gasteiger charge is 2.37. The highest BCUT2D eigenvalue weighted by Crippen LogP contribution is 2.36. The van der Waals surface area contributed by atoms with E-state index in [1.807, 2.05) is 27.7 Å². The van der Waals surface area contributed by atoms with Crippen LogP contribution in [0.15, 0.2) is 0 Å². The van der Waals surface area contributed by atoms with E-state index in [1.165, 1.54) is 0 Å². The lowest BCUT2D eigenvalue weighted by atomic mass is 9.77. The van der Waals surface area contributed by atoms with Crippen LogP contribution < -0.4 is 0 Å². The van der Waals surface area contributed by atoms with E-state index in [0.29, 0.717) is 6.42 Å². The number of nitrogens with zero attached hydrogens (tertiary/aromatic N) is 1. The molecule has 0 spiro atoms. The molecule has 4 heteroatoms. The minimum absolute atomic E-state index is 0.120. The summed E-state index contributed by atoms with van der Waals surface area (Å²) in [5.41, 5.74) is -0.873. The summed E-state index contributed by atoms with van der Waals surface area (Å²) in [6.07, 6.45) is 0.575. The molecule has 0 atom stereocenters. The fraction of sp³-hybridized carbons (Fsp3) is 0.923. The van der Waals surface area contributed by atoms with Gasteiger partial charge in [0.1, 0.15) is 0 Å². The SMILES string of the molecule is CC(C)(C#N)CC(C)(C)CS(=O)(=O)C(C)(C)C. The predicted molar refractivity (Wildman–Crippen MR) is 71.3 cm³/mol. The van der Waals surface area contributed by atoms with Crippen molar-refractivity contribution in [2.24, 2.45) is 10.8 Å². The number of sulfone groups is 1. The van der Waals surface area contributed by atoms with E-state index in [0.717, 1.165) is 0 Å². The number of hydrogen-bond acceptors (Lipinski definition) is 3. The summed E-state index contributed by atoms with van der Waals surface area (Å²) in [5, 5.41) is 9.02. The molecule has 0 aromatic carbocycles. The van der Waals surface area contributed by atoms with Crippen molar-refractivity contribution in [1.29, 1.82) is 5.26 Å². The van der Waals surface area contributed by atoms with E-state index >= 15 is 0 Å². The number of nitriles is 1. The summed E-state index contributed by atoms with van der Waals surface area (Å²) < 4.78 is 23.6. The summed E-state index contributed by atoms with van der Waals surface area (Å²) >= 11 is 0. The molecule has 0 fully saturated rings. The normalized spacial score (nSPS) is 14.5. The fourth-order valence-electron chi connectivity index (χ4n) is 2.02. The van der Waals surface area contributed by atoms with Crippen molar-refractivity contribution >= 4 is 9.84 Å². The van der Waals surface area contributed by atoms with Gasteiger partial charge < -0.3 is 0 Å². The maximum Gasteiger partial charge on any atom is 0.155 e. The van der Waals surface area contributed by atoms with Crippen LogP contribution in [0.25, 0.3) is 0 Å². The molecule has 3 nitrogen and oxygen atoms in total. The van der Waals surface area contributed by atoms with Gasteiger partial charge in [0.05, 0.1) is 22.0 Å². The van der Waals surface area contributed by atoms with Gasteiger partial charge in [-0.1, -0.05) is 13.8 Å². The Labute approximate surface area is 106 Å². The Morgan fingerprint density at radius 2 is 1.41 bits per heavy atom. The topological polar surface area (TPSA) is 57.9 Å². The van der Waals surface area contributed by atoms with E-state index in [-0.39, 0.29) is 11.2 Å². The molecule has 0 saturated carbocycles. The van der Waals surface area contributed by atoms with Gasteiger partial charge in [0, 0.05) is 0 Å². The summed E-state index contributed by atoms with van der Waals surface area (Å²) in [6, 6.07) is 2.23. The van der Waals surface area contributed by atoms with Crippen LogP contribution in [-0.4, -0.2) is 18.9 Å². The molecule has 0 N–H and O–H groups in total. The van der Waals surface area contributed by atoms with Crippen molar-refractivity contribution in [2.75, 3.05) is 5.75 Å². The second kappa shape index (κ2) is 4.61. The predicted octanol–water partition coefficient (Wildman–Crippen LogP) is 3.17. The molecule has 0 unspecified atom stereocenters. The second-order valence-corrected chi connectivity index (χ2v) is 9.95. The molecule has 0 bridgehead atoms. The standard InChI is InChI=1S/C13H25NO2S/c1-11(2,3)17(15,16)10-13(6,7)8-12(4,5)9-14/h8,10H2,1-7H3. The van der Waals surface area contributed by atoms with Gasteiger partial charge in [0.25, 0.3) is 0 Å². The second-order valence-electron chi connectivity index (χ2n) is 7.21. The van der Waals surface area contributed by atoms with Gasteiger partial charge in [-0.25, -0.2) is 8.42 Å². The van der Waals surface area contributed by atoms with Crippen LogP contribution in [-0.2, 0) is 9.84 Å². The smallest absolute Gasteiger partial charge is 0.155 e. The molecule has 0 heterocycles. The number of hydrogen-bond donors (Lipinski definition) is 0. The van der Waals surface area contributed by atoms with Crippen molar-refractivity contribution in [3.05, 3.63) is 0 Å². The Morgan fingerprint density at radius 1 is 1.00 bits per heavy atom. The van der Waals surface area contributed by atoms with E-state index in [9.17, 15) is 8.42 Å². The lowest BCUT2D eigenvalue weighted by molar-refractivity contribution is 0.269. The lowest BCUT2D eigenvalue weighted by Crippen LogP contribution is -2.38. The first-order valence-corrected chi connectivity index (χ1v) is 7.51. The molecule has 0 radical (unpaired) electrons. The molecule has 0 rings (SSSR count). The molecule has 0 aliphatic heterocycles. The molecule has 0 aromatic rings. The van der Waals surface area contributed by atoms with Crippen LogP contribution in [0.2, 0.25) is 0 Å². The third-order valence-corrected chi connectivity index (χ3v) is 5.76. The molecule has 0 aliphatic carbocycles. The molecule has 0 aliphatic rings. The summed E-state index contributed by atoms with van der Waals surface area (Å²) in [5.74, 6) is 0.120. The largest absolute Gasteiger partial charge is 0.228 e. The zero-order valence-electron chi connectivity index (χ0n) is 12.1. The Balaban J connectivity index is 4.99. The summed E-state index contributed by atoms with van der Waals surface area (Å²) in [7, 11) is -3.15. The average molecular weight is 259 g/mol. The maximum absolute atomic E-state index is 12.2. The van der Waals surface area contributed by atoms with Crippen LogP contribution in [0.3, 0.4) is 0 Å². The Hall–Kier alpha value is -0.560. The first-order valence-electron chi connectivity index (χ1n) is 5.86. The van der Waals surface area contributed by atoms with Gasteiger partial charge in [-0.2, -0.15) is 5.26 Å². The van der Waals surface area contributed by atoms with Crippen molar-refractivity contribution in [2.45, 2.75) is 59.6 Å². The monoisotopic (exact) mass is 259 g/mol.